The molecular weight excluding hydrogens is 314 g/mol. The van der Waals surface area contributed by atoms with Crippen molar-refractivity contribution in [3.8, 4) is 0 Å². The Balaban J connectivity index is 1.37. The quantitative estimate of drug-likeness (QED) is 0.930. The zero-order valence-electron chi connectivity index (χ0n) is 14.7. The molecule has 132 valence electrons. The molecule has 1 amide bonds. The number of aromatic nitrogens is 1. The van der Waals surface area contributed by atoms with Crippen molar-refractivity contribution in [1.29, 1.82) is 0 Å². The van der Waals surface area contributed by atoms with Crippen LogP contribution in [0.5, 0.6) is 0 Å². The highest BCUT2D eigenvalue weighted by Crippen LogP contribution is 2.41. The van der Waals surface area contributed by atoms with Gasteiger partial charge in [-0.05, 0) is 57.7 Å². The van der Waals surface area contributed by atoms with E-state index >= 15 is 0 Å². The number of carbonyl (C=O) groups is 1. The molecule has 0 radical (unpaired) electrons. The predicted octanol–water partition coefficient (Wildman–Crippen LogP) is 3.45. The molecule has 0 spiro atoms. The van der Waals surface area contributed by atoms with Gasteiger partial charge in [-0.2, -0.15) is 0 Å². The van der Waals surface area contributed by atoms with E-state index in [9.17, 15) is 4.79 Å². The van der Waals surface area contributed by atoms with Gasteiger partial charge in [0.1, 0.15) is 5.52 Å². The maximum absolute atomic E-state index is 12.9. The topological polar surface area (TPSA) is 58.4 Å². The summed E-state index contributed by atoms with van der Waals surface area (Å²) >= 11 is 0. The molecule has 2 bridgehead atoms. The zero-order valence-corrected chi connectivity index (χ0v) is 14.7. The zero-order chi connectivity index (χ0) is 17.0. The third kappa shape index (κ3) is 2.74. The SMILES string of the molecule is CN1[C@@H]2CCC[C@H]1CC(NC(=O)c1cccc3oc(C4CC4)nc13)C2. The minimum atomic E-state index is -0.00567. The Bertz CT molecular complexity index is 796. The minimum Gasteiger partial charge on any atom is -0.440 e. The maximum atomic E-state index is 12.9. The Kier molecular flexibility index (Phi) is 3.59. The van der Waals surface area contributed by atoms with E-state index in [1.54, 1.807) is 0 Å². The van der Waals surface area contributed by atoms with E-state index in [4.69, 9.17) is 4.42 Å². The number of piperidine rings is 2. The number of nitrogens with zero attached hydrogens (tertiary/aromatic N) is 2. The molecule has 1 aromatic carbocycles. The highest BCUT2D eigenvalue weighted by atomic mass is 16.3. The second kappa shape index (κ2) is 5.84. The fourth-order valence-corrected chi connectivity index (χ4v) is 4.65. The summed E-state index contributed by atoms with van der Waals surface area (Å²) in [5.41, 5.74) is 2.10. The second-order valence-corrected chi connectivity index (χ2v) is 8.02. The first-order chi connectivity index (χ1) is 12.2. The third-order valence-electron chi connectivity index (χ3n) is 6.28. The van der Waals surface area contributed by atoms with Crippen molar-refractivity contribution in [2.24, 2.45) is 0 Å². The summed E-state index contributed by atoms with van der Waals surface area (Å²) in [6.07, 6.45) is 8.23. The van der Waals surface area contributed by atoms with Crippen LogP contribution in [0.1, 0.15) is 67.1 Å². The average molecular weight is 339 g/mol. The maximum Gasteiger partial charge on any atom is 0.253 e. The van der Waals surface area contributed by atoms with Gasteiger partial charge in [-0.25, -0.2) is 4.98 Å². The van der Waals surface area contributed by atoms with Gasteiger partial charge in [0.05, 0.1) is 5.56 Å². The summed E-state index contributed by atoms with van der Waals surface area (Å²) in [4.78, 5) is 20.1. The Hall–Kier alpha value is -1.88. The molecule has 2 aliphatic heterocycles. The normalized spacial score (nSPS) is 29.7. The van der Waals surface area contributed by atoms with Crippen LogP contribution in [0.25, 0.3) is 11.1 Å². The Morgan fingerprint density at radius 1 is 1.20 bits per heavy atom. The summed E-state index contributed by atoms with van der Waals surface area (Å²) in [5, 5.41) is 3.28. The van der Waals surface area contributed by atoms with Crippen LogP contribution in [-0.2, 0) is 0 Å². The summed E-state index contributed by atoms with van der Waals surface area (Å²) in [6, 6.07) is 7.16. The minimum absolute atomic E-state index is 0.00567. The molecule has 2 saturated heterocycles. The lowest BCUT2D eigenvalue weighted by molar-refractivity contribution is 0.0463. The van der Waals surface area contributed by atoms with Crippen molar-refractivity contribution in [1.82, 2.24) is 15.2 Å². The predicted molar refractivity (Wildman–Crippen MR) is 95.7 cm³/mol. The Labute approximate surface area is 147 Å². The fourth-order valence-electron chi connectivity index (χ4n) is 4.65. The summed E-state index contributed by atoms with van der Waals surface area (Å²) in [6.45, 7) is 0. The molecule has 1 aliphatic carbocycles. The third-order valence-corrected chi connectivity index (χ3v) is 6.28. The molecule has 3 fully saturated rings. The Morgan fingerprint density at radius 3 is 2.68 bits per heavy atom. The van der Waals surface area contributed by atoms with Crippen LogP contribution < -0.4 is 5.32 Å². The Morgan fingerprint density at radius 2 is 1.96 bits per heavy atom. The number of hydrogen-bond acceptors (Lipinski definition) is 4. The summed E-state index contributed by atoms with van der Waals surface area (Å²) < 4.78 is 5.85. The first-order valence-electron chi connectivity index (χ1n) is 9.61. The van der Waals surface area contributed by atoms with E-state index in [1.807, 2.05) is 18.2 Å². The van der Waals surface area contributed by atoms with E-state index in [0.717, 1.165) is 42.7 Å². The number of benzene rings is 1. The van der Waals surface area contributed by atoms with Gasteiger partial charge in [-0.15, -0.1) is 0 Å². The van der Waals surface area contributed by atoms with Crippen LogP contribution in [0, 0.1) is 0 Å². The van der Waals surface area contributed by atoms with E-state index in [-0.39, 0.29) is 11.9 Å². The fraction of sp³-hybridized carbons (Fsp3) is 0.600. The summed E-state index contributed by atoms with van der Waals surface area (Å²) in [7, 11) is 2.24. The molecule has 1 N–H and O–H groups in total. The molecule has 1 aromatic heterocycles. The number of rotatable bonds is 3. The molecule has 3 atom stereocenters. The van der Waals surface area contributed by atoms with Crippen LogP contribution in [0.2, 0.25) is 0 Å². The molecule has 2 aromatic rings. The van der Waals surface area contributed by atoms with Gasteiger partial charge < -0.3 is 14.6 Å². The van der Waals surface area contributed by atoms with Gasteiger partial charge in [0, 0.05) is 24.0 Å². The van der Waals surface area contributed by atoms with Crippen molar-refractivity contribution in [3.63, 3.8) is 0 Å². The number of fused-ring (bicyclic) bond motifs is 3. The first-order valence-corrected chi connectivity index (χ1v) is 9.61. The van der Waals surface area contributed by atoms with E-state index in [1.165, 1.54) is 19.3 Å². The van der Waals surface area contributed by atoms with Crippen molar-refractivity contribution in [3.05, 3.63) is 29.7 Å². The number of nitrogens with one attached hydrogen (secondary N) is 1. The molecule has 5 nitrogen and oxygen atoms in total. The molecule has 5 rings (SSSR count). The number of hydrogen-bond donors (Lipinski definition) is 1. The lowest BCUT2D eigenvalue weighted by atomic mass is 9.82. The van der Waals surface area contributed by atoms with E-state index < -0.39 is 0 Å². The molecule has 25 heavy (non-hydrogen) atoms. The van der Waals surface area contributed by atoms with Crippen molar-refractivity contribution in [2.45, 2.75) is 69.0 Å². The molecule has 1 saturated carbocycles. The monoisotopic (exact) mass is 339 g/mol. The van der Waals surface area contributed by atoms with Crippen LogP contribution in [0.4, 0.5) is 0 Å². The molecular formula is C20H25N3O2. The van der Waals surface area contributed by atoms with Crippen LogP contribution >= 0.6 is 0 Å². The molecule has 3 aliphatic rings. The van der Waals surface area contributed by atoms with E-state index in [0.29, 0.717) is 23.6 Å². The van der Waals surface area contributed by atoms with Gasteiger partial charge in [-0.1, -0.05) is 12.5 Å². The smallest absolute Gasteiger partial charge is 0.253 e. The van der Waals surface area contributed by atoms with Crippen molar-refractivity contribution in [2.75, 3.05) is 7.05 Å². The van der Waals surface area contributed by atoms with Gasteiger partial charge in [-0.3, -0.25) is 4.79 Å². The summed E-state index contributed by atoms with van der Waals surface area (Å²) in [5.74, 6) is 1.24. The molecule has 3 heterocycles. The highest BCUT2D eigenvalue weighted by molar-refractivity contribution is 6.04. The van der Waals surface area contributed by atoms with E-state index in [2.05, 4.69) is 22.2 Å². The lowest BCUT2D eigenvalue weighted by Gasteiger charge is -2.47. The first kappa shape index (κ1) is 15.4. The molecule has 5 heteroatoms. The highest BCUT2D eigenvalue weighted by Gasteiger charge is 2.37. The number of oxazole rings is 1. The van der Waals surface area contributed by atoms with Gasteiger partial charge in [0.25, 0.3) is 5.91 Å². The number of amides is 1. The van der Waals surface area contributed by atoms with Crippen LogP contribution in [0.3, 0.4) is 0 Å². The lowest BCUT2D eigenvalue weighted by Crippen LogP contribution is -2.55. The van der Waals surface area contributed by atoms with Crippen LogP contribution in [-0.4, -0.2) is 41.0 Å². The van der Waals surface area contributed by atoms with Crippen molar-refractivity contribution >= 4 is 17.0 Å². The number of carbonyl (C=O) groups excluding carboxylic acids is 1. The largest absolute Gasteiger partial charge is 0.440 e. The van der Waals surface area contributed by atoms with Crippen LogP contribution in [0.15, 0.2) is 22.6 Å². The number of para-hydroxylation sites is 1. The standard InChI is InChI=1S/C20H25N3O2/c1-23-14-4-2-5-15(23)11-13(10-14)21-19(24)16-6-3-7-17-18(16)22-20(25-17)12-8-9-12/h3,6-7,12-15H,2,4-5,8-11H2,1H3,(H,21,24)/t13?,14-,15+. The molecule has 1 unspecified atom stereocenters. The van der Waals surface area contributed by atoms with Crippen molar-refractivity contribution < 1.29 is 9.21 Å². The second-order valence-electron chi connectivity index (χ2n) is 8.02. The van der Waals surface area contributed by atoms with Gasteiger partial charge in [0.15, 0.2) is 11.5 Å². The van der Waals surface area contributed by atoms with Gasteiger partial charge in [0.2, 0.25) is 0 Å². The van der Waals surface area contributed by atoms with Gasteiger partial charge >= 0.3 is 0 Å². The average Bonchev–Trinajstić information content (AvgIpc) is 3.34.